The zero-order valence-corrected chi connectivity index (χ0v) is 14.2. The molecule has 122 valence electrons. The first-order valence-electron chi connectivity index (χ1n) is 8.81. The van der Waals surface area contributed by atoms with Crippen molar-refractivity contribution in [1.82, 2.24) is 4.57 Å². The number of unbranched alkanes of at least 4 members (excludes halogenated alkanes) is 2. The van der Waals surface area contributed by atoms with E-state index in [4.69, 9.17) is 5.26 Å². The number of benzene rings is 3. The van der Waals surface area contributed by atoms with Crippen molar-refractivity contribution in [2.45, 2.75) is 25.8 Å². The predicted octanol–water partition coefficient (Wildman–Crippen LogP) is 6.16. The summed E-state index contributed by atoms with van der Waals surface area (Å²) in [5.74, 6) is 0. The molecular formula is C23H20N2. The Kier molecular flexibility index (Phi) is 4.23. The molecule has 0 radical (unpaired) electrons. The zero-order valence-electron chi connectivity index (χ0n) is 14.2. The van der Waals surface area contributed by atoms with E-state index in [9.17, 15) is 0 Å². The topological polar surface area (TPSA) is 28.7 Å². The summed E-state index contributed by atoms with van der Waals surface area (Å²) < 4.78 is 2.34. The van der Waals surface area contributed by atoms with E-state index in [2.05, 4.69) is 83.6 Å². The first-order valence-corrected chi connectivity index (χ1v) is 8.81. The van der Waals surface area contributed by atoms with Crippen molar-refractivity contribution in [3.63, 3.8) is 0 Å². The molecule has 4 rings (SSSR count). The van der Waals surface area contributed by atoms with Gasteiger partial charge in [-0.3, -0.25) is 0 Å². The normalized spacial score (nSPS) is 11.0. The Hall–Kier alpha value is -3.05. The summed E-state index contributed by atoms with van der Waals surface area (Å²) in [5.41, 5.74) is 3.83. The van der Waals surface area contributed by atoms with Gasteiger partial charge >= 0.3 is 0 Å². The van der Waals surface area contributed by atoms with Gasteiger partial charge in [-0.15, -0.1) is 0 Å². The number of hydrogen-bond acceptors (Lipinski definition) is 1. The van der Waals surface area contributed by atoms with Gasteiger partial charge in [0, 0.05) is 35.6 Å². The summed E-state index contributed by atoms with van der Waals surface area (Å²) in [7, 11) is 0. The maximum Gasteiger partial charge on any atom is 0.0621 e. The Balaban J connectivity index is 1.83. The number of nitrogens with zero attached hydrogens (tertiary/aromatic N) is 2. The highest BCUT2D eigenvalue weighted by Crippen LogP contribution is 2.35. The molecule has 0 fully saturated rings. The summed E-state index contributed by atoms with van der Waals surface area (Å²) in [6, 6.07) is 25.9. The first kappa shape index (κ1) is 15.5. The Bertz CT molecular complexity index is 1060. The van der Waals surface area contributed by atoms with E-state index in [-0.39, 0.29) is 0 Å². The van der Waals surface area contributed by atoms with Crippen molar-refractivity contribution in [1.29, 1.82) is 5.26 Å². The van der Waals surface area contributed by atoms with Gasteiger partial charge in [0.05, 0.1) is 6.07 Å². The van der Waals surface area contributed by atoms with Crippen LogP contribution in [0.5, 0.6) is 0 Å². The summed E-state index contributed by atoms with van der Waals surface area (Å²) in [4.78, 5) is 0. The lowest BCUT2D eigenvalue weighted by atomic mass is 9.98. The van der Waals surface area contributed by atoms with Crippen LogP contribution in [0.1, 0.15) is 19.3 Å². The second kappa shape index (κ2) is 6.83. The highest BCUT2D eigenvalue weighted by Gasteiger charge is 2.12. The molecule has 0 atom stereocenters. The predicted molar refractivity (Wildman–Crippen MR) is 104 cm³/mol. The quantitative estimate of drug-likeness (QED) is 0.404. The van der Waals surface area contributed by atoms with Crippen LogP contribution < -0.4 is 0 Å². The molecule has 1 aromatic heterocycles. The van der Waals surface area contributed by atoms with Crippen molar-refractivity contribution < 1.29 is 0 Å². The first-order chi connectivity index (χ1) is 12.4. The molecule has 0 aliphatic heterocycles. The molecule has 1 heterocycles. The monoisotopic (exact) mass is 324 g/mol. The number of para-hydroxylation sites is 1. The van der Waals surface area contributed by atoms with Gasteiger partial charge in [0.2, 0.25) is 0 Å². The Morgan fingerprint density at radius 2 is 1.52 bits per heavy atom. The molecule has 0 N–H and O–H groups in total. The van der Waals surface area contributed by atoms with Gasteiger partial charge in [-0.1, -0.05) is 60.7 Å². The third kappa shape index (κ3) is 2.90. The van der Waals surface area contributed by atoms with Crippen molar-refractivity contribution in [3.8, 4) is 17.2 Å². The number of hydrogen-bond donors (Lipinski definition) is 0. The fourth-order valence-corrected chi connectivity index (χ4v) is 3.59. The molecule has 0 spiro atoms. The minimum absolute atomic E-state index is 0.634. The molecule has 2 heteroatoms. The molecule has 25 heavy (non-hydrogen) atoms. The summed E-state index contributed by atoms with van der Waals surface area (Å²) >= 11 is 0. The second-order valence-electron chi connectivity index (χ2n) is 6.40. The van der Waals surface area contributed by atoms with Crippen LogP contribution in [-0.2, 0) is 6.54 Å². The molecule has 0 amide bonds. The van der Waals surface area contributed by atoms with Gasteiger partial charge in [-0.05, 0) is 35.2 Å². The Morgan fingerprint density at radius 3 is 2.40 bits per heavy atom. The van der Waals surface area contributed by atoms with E-state index in [0.717, 1.165) is 19.4 Å². The molecule has 0 aliphatic rings. The fourth-order valence-electron chi connectivity index (χ4n) is 3.59. The van der Waals surface area contributed by atoms with Crippen LogP contribution in [0.4, 0.5) is 0 Å². The van der Waals surface area contributed by atoms with E-state index < -0.39 is 0 Å². The van der Waals surface area contributed by atoms with Gasteiger partial charge in [0.25, 0.3) is 0 Å². The largest absolute Gasteiger partial charge is 0.347 e. The van der Waals surface area contributed by atoms with Crippen molar-refractivity contribution in [3.05, 3.63) is 72.9 Å². The SMILES string of the molecule is N#CCCCCn1cc(-c2cccc3ccccc23)c2ccccc21. The number of fused-ring (bicyclic) bond motifs is 2. The molecule has 4 aromatic rings. The van der Waals surface area contributed by atoms with Crippen LogP contribution in [0.3, 0.4) is 0 Å². The lowest BCUT2D eigenvalue weighted by Gasteiger charge is -2.05. The average molecular weight is 324 g/mol. The number of aromatic nitrogens is 1. The standard InChI is InChI=1S/C23H20N2/c24-15-6-1-7-16-25-17-22(21-12-4-5-14-23(21)25)20-13-8-10-18-9-2-3-11-19(18)20/h2-5,8-14,17H,1,6-7,16H2. The molecular weight excluding hydrogens is 304 g/mol. The molecule has 0 saturated carbocycles. The van der Waals surface area contributed by atoms with Crippen molar-refractivity contribution in [2.24, 2.45) is 0 Å². The van der Waals surface area contributed by atoms with Gasteiger partial charge in [-0.25, -0.2) is 0 Å². The van der Waals surface area contributed by atoms with Crippen LogP contribution in [0.15, 0.2) is 72.9 Å². The molecule has 0 saturated heterocycles. The second-order valence-corrected chi connectivity index (χ2v) is 6.40. The van der Waals surface area contributed by atoms with Crippen molar-refractivity contribution in [2.75, 3.05) is 0 Å². The molecule has 0 bridgehead atoms. The zero-order chi connectivity index (χ0) is 17.1. The molecule has 0 aliphatic carbocycles. The lowest BCUT2D eigenvalue weighted by Crippen LogP contribution is -1.95. The van der Waals surface area contributed by atoms with Crippen LogP contribution in [0.2, 0.25) is 0 Å². The van der Waals surface area contributed by atoms with Gasteiger partial charge in [0.1, 0.15) is 0 Å². The van der Waals surface area contributed by atoms with Gasteiger partial charge in [0.15, 0.2) is 0 Å². The minimum Gasteiger partial charge on any atom is -0.347 e. The minimum atomic E-state index is 0.634. The number of rotatable bonds is 5. The van der Waals surface area contributed by atoms with E-state index in [1.54, 1.807) is 0 Å². The van der Waals surface area contributed by atoms with E-state index in [1.165, 1.54) is 32.8 Å². The molecule has 2 nitrogen and oxygen atoms in total. The third-order valence-corrected chi connectivity index (χ3v) is 4.81. The van der Waals surface area contributed by atoms with Gasteiger partial charge < -0.3 is 4.57 Å². The highest BCUT2D eigenvalue weighted by molar-refractivity contribution is 6.05. The van der Waals surface area contributed by atoms with Crippen molar-refractivity contribution >= 4 is 21.7 Å². The third-order valence-electron chi connectivity index (χ3n) is 4.81. The smallest absolute Gasteiger partial charge is 0.0621 e. The van der Waals surface area contributed by atoms with Crippen LogP contribution in [-0.4, -0.2) is 4.57 Å². The van der Waals surface area contributed by atoms with Crippen LogP contribution in [0.25, 0.3) is 32.8 Å². The summed E-state index contributed by atoms with van der Waals surface area (Å²) in [5, 5.41) is 12.6. The van der Waals surface area contributed by atoms with E-state index >= 15 is 0 Å². The Morgan fingerprint density at radius 1 is 0.760 bits per heavy atom. The van der Waals surface area contributed by atoms with E-state index in [0.29, 0.717) is 6.42 Å². The summed E-state index contributed by atoms with van der Waals surface area (Å²) in [6.07, 6.45) is 4.89. The summed E-state index contributed by atoms with van der Waals surface area (Å²) in [6.45, 7) is 0.951. The lowest BCUT2D eigenvalue weighted by molar-refractivity contribution is 0.632. The van der Waals surface area contributed by atoms with E-state index in [1.807, 2.05) is 0 Å². The number of nitriles is 1. The van der Waals surface area contributed by atoms with Crippen LogP contribution >= 0.6 is 0 Å². The highest BCUT2D eigenvalue weighted by atomic mass is 15.0. The fraction of sp³-hybridized carbons (Fsp3) is 0.174. The maximum absolute atomic E-state index is 8.73. The van der Waals surface area contributed by atoms with Crippen LogP contribution in [0, 0.1) is 11.3 Å². The number of aryl methyl sites for hydroxylation is 1. The Labute approximate surface area is 147 Å². The molecule has 0 unspecified atom stereocenters. The van der Waals surface area contributed by atoms with Gasteiger partial charge in [-0.2, -0.15) is 5.26 Å². The average Bonchev–Trinajstić information content (AvgIpc) is 3.03. The molecule has 3 aromatic carbocycles. The maximum atomic E-state index is 8.73.